The second kappa shape index (κ2) is 7.67. The largest absolute Gasteiger partial charge is 0.354 e. The molecule has 0 saturated carbocycles. The van der Waals surface area contributed by atoms with E-state index in [4.69, 9.17) is 11.6 Å². The number of piperazine rings is 1. The third-order valence-corrected chi connectivity index (χ3v) is 6.26. The molecule has 1 fully saturated rings. The zero-order valence-corrected chi connectivity index (χ0v) is 16.1. The molecule has 3 rings (SSSR count). The molecule has 7 nitrogen and oxygen atoms in total. The zero-order valence-electron chi connectivity index (χ0n) is 14.5. The fourth-order valence-corrected chi connectivity index (χ4v) is 4.31. The third kappa shape index (κ3) is 4.29. The highest BCUT2D eigenvalue weighted by Crippen LogP contribution is 2.22. The Morgan fingerprint density at radius 3 is 2.74 bits per heavy atom. The molecule has 142 valence electrons. The second-order valence-electron chi connectivity index (χ2n) is 6.13. The maximum atomic E-state index is 12.8. The summed E-state index contributed by atoms with van der Waals surface area (Å²) >= 11 is 5.96. The van der Waals surface area contributed by atoms with Crippen LogP contribution in [0.25, 0.3) is 0 Å². The van der Waals surface area contributed by atoms with E-state index < -0.39 is 15.9 Å². The van der Waals surface area contributed by atoms with E-state index in [1.807, 2.05) is 6.92 Å². The molecule has 2 aromatic rings. The molecular formula is C18H18ClN3O4S. The van der Waals surface area contributed by atoms with Crippen molar-refractivity contribution in [2.45, 2.75) is 11.8 Å². The van der Waals surface area contributed by atoms with Crippen LogP contribution < -0.4 is 10.6 Å². The van der Waals surface area contributed by atoms with Crippen molar-refractivity contribution < 1.29 is 18.0 Å². The summed E-state index contributed by atoms with van der Waals surface area (Å²) in [7, 11) is -3.87. The first-order chi connectivity index (χ1) is 12.8. The summed E-state index contributed by atoms with van der Waals surface area (Å²) in [6.45, 7) is 2.03. The summed E-state index contributed by atoms with van der Waals surface area (Å²) in [6, 6.07) is 10.9. The number of sulfonamides is 1. The molecule has 2 aromatic carbocycles. The van der Waals surface area contributed by atoms with Crippen LogP contribution in [0.1, 0.15) is 15.9 Å². The van der Waals surface area contributed by atoms with Crippen LogP contribution in [0.5, 0.6) is 0 Å². The molecule has 2 amide bonds. The number of amides is 2. The maximum absolute atomic E-state index is 12.8. The lowest BCUT2D eigenvalue weighted by Gasteiger charge is -2.26. The van der Waals surface area contributed by atoms with Crippen LogP contribution in [-0.4, -0.2) is 44.2 Å². The number of hydrogen-bond donors (Lipinski definition) is 2. The van der Waals surface area contributed by atoms with Gasteiger partial charge in [-0.1, -0.05) is 23.7 Å². The summed E-state index contributed by atoms with van der Waals surface area (Å²) in [5.74, 6) is -0.802. The zero-order chi connectivity index (χ0) is 19.6. The van der Waals surface area contributed by atoms with Crippen molar-refractivity contribution in [3.63, 3.8) is 0 Å². The average molecular weight is 408 g/mol. The molecule has 0 radical (unpaired) electrons. The van der Waals surface area contributed by atoms with Gasteiger partial charge in [0.15, 0.2) is 0 Å². The van der Waals surface area contributed by atoms with Crippen LogP contribution >= 0.6 is 11.6 Å². The molecule has 0 spiro atoms. The lowest BCUT2D eigenvalue weighted by atomic mass is 10.1. The van der Waals surface area contributed by atoms with E-state index in [1.54, 1.807) is 18.2 Å². The first-order valence-electron chi connectivity index (χ1n) is 8.22. The van der Waals surface area contributed by atoms with Crippen LogP contribution in [0.2, 0.25) is 5.02 Å². The fraction of sp³-hybridized carbons (Fsp3) is 0.222. The van der Waals surface area contributed by atoms with Crippen LogP contribution in [0.4, 0.5) is 5.69 Å². The van der Waals surface area contributed by atoms with E-state index in [2.05, 4.69) is 10.6 Å². The van der Waals surface area contributed by atoms with Crippen molar-refractivity contribution in [1.82, 2.24) is 9.62 Å². The Bertz CT molecular complexity index is 1010. The lowest BCUT2D eigenvalue weighted by molar-refractivity contribution is -0.122. The molecule has 2 N–H and O–H groups in total. The van der Waals surface area contributed by atoms with E-state index in [1.165, 1.54) is 24.3 Å². The van der Waals surface area contributed by atoms with Gasteiger partial charge in [0.2, 0.25) is 15.9 Å². The van der Waals surface area contributed by atoms with Gasteiger partial charge in [-0.15, -0.1) is 0 Å². The SMILES string of the molecule is Cc1ccc(Cl)cc1NC(=O)c1cccc(S(=O)(=O)N2CCNC(=O)C2)c1. The number of hydrogen-bond acceptors (Lipinski definition) is 4. The Kier molecular flexibility index (Phi) is 5.50. The molecule has 0 atom stereocenters. The van der Waals surface area contributed by atoms with E-state index in [9.17, 15) is 18.0 Å². The number of nitrogens with zero attached hydrogens (tertiary/aromatic N) is 1. The van der Waals surface area contributed by atoms with Crippen LogP contribution in [0.3, 0.4) is 0 Å². The number of nitrogens with one attached hydrogen (secondary N) is 2. The van der Waals surface area contributed by atoms with Crippen LogP contribution in [-0.2, 0) is 14.8 Å². The van der Waals surface area contributed by atoms with Crippen molar-refractivity contribution in [2.75, 3.05) is 25.0 Å². The first kappa shape index (κ1) is 19.3. The Hall–Kier alpha value is -2.42. The van der Waals surface area contributed by atoms with Gasteiger partial charge in [-0.3, -0.25) is 9.59 Å². The minimum atomic E-state index is -3.87. The Morgan fingerprint density at radius 1 is 1.22 bits per heavy atom. The molecule has 27 heavy (non-hydrogen) atoms. The first-order valence-corrected chi connectivity index (χ1v) is 10.0. The van der Waals surface area contributed by atoms with Gasteiger partial charge in [0, 0.05) is 29.4 Å². The molecule has 0 unspecified atom stereocenters. The average Bonchev–Trinajstić information content (AvgIpc) is 2.65. The summed E-state index contributed by atoms with van der Waals surface area (Å²) in [5, 5.41) is 5.80. The Labute approximate surface area is 162 Å². The highest BCUT2D eigenvalue weighted by molar-refractivity contribution is 7.89. The van der Waals surface area contributed by atoms with Gasteiger partial charge in [0.05, 0.1) is 11.4 Å². The predicted octanol–water partition coefficient (Wildman–Crippen LogP) is 2.02. The number of halogens is 1. The number of carbonyl (C=O) groups excluding carboxylic acids is 2. The molecular weight excluding hydrogens is 390 g/mol. The van der Waals surface area contributed by atoms with Gasteiger partial charge in [0.1, 0.15) is 0 Å². The maximum Gasteiger partial charge on any atom is 0.255 e. The number of aryl methyl sites for hydroxylation is 1. The number of carbonyl (C=O) groups is 2. The van der Waals surface area contributed by atoms with Crippen molar-refractivity contribution in [2.24, 2.45) is 0 Å². The van der Waals surface area contributed by atoms with Crippen molar-refractivity contribution in [1.29, 1.82) is 0 Å². The standard InChI is InChI=1S/C18H18ClN3O4S/c1-12-5-6-14(19)10-16(12)21-18(24)13-3-2-4-15(9-13)27(25,26)22-8-7-20-17(23)11-22/h2-6,9-10H,7-8,11H2,1H3,(H,20,23)(H,21,24). The van der Waals surface area contributed by atoms with Gasteiger partial charge in [-0.2, -0.15) is 4.31 Å². The third-order valence-electron chi connectivity index (χ3n) is 4.19. The highest BCUT2D eigenvalue weighted by atomic mass is 35.5. The number of rotatable bonds is 4. The molecule has 1 aliphatic heterocycles. The monoisotopic (exact) mass is 407 g/mol. The smallest absolute Gasteiger partial charge is 0.255 e. The van der Waals surface area contributed by atoms with Crippen molar-refractivity contribution in [3.8, 4) is 0 Å². The molecule has 1 aliphatic rings. The fourth-order valence-electron chi connectivity index (χ4n) is 2.69. The predicted molar refractivity (Wildman–Crippen MR) is 102 cm³/mol. The number of anilines is 1. The van der Waals surface area contributed by atoms with E-state index in [0.29, 0.717) is 10.7 Å². The topological polar surface area (TPSA) is 95.6 Å². The van der Waals surface area contributed by atoms with Gasteiger partial charge in [0.25, 0.3) is 5.91 Å². The van der Waals surface area contributed by atoms with Crippen LogP contribution in [0, 0.1) is 6.92 Å². The van der Waals surface area contributed by atoms with Crippen molar-refractivity contribution in [3.05, 3.63) is 58.6 Å². The van der Waals surface area contributed by atoms with E-state index >= 15 is 0 Å². The molecule has 1 heterocycles. The Balaban J connectivity index is 1.85. The van der Waals surface area contributed by atoms with E-state index in [0.717, 1.165) is 9.87 Å². The second-order valence-corrected chi connectivity index (χ2v) is 8.50. The van der Waals surface area contributed by atoms with Gasteiger partial charge < -0.3 is 10.6 Å². The summed E-state index contributed by atoms with van der Waals surface area (Å²) in [5.41, 5.74) is 1.57. The van der Waals surface area contributed by atoms with Gasteiger partial charge >= 0.3 is 0 Å². The summed E-state index contributed by atoms with van der Waals surface area (Å²) in [6.07, 6.45) is 0. The quantitative estimate of drug-likeness (QED) is 0.810. The summed E-state index contributed by atoms with van der Waals surface area (Å²) in [4.78, 5) is 24.0. The normalized spacial score (nSPS) is 15.3. The minimum absolute atomic E-state index is 0.0346. The molecule has 0 aromatic heterocycles. The molecule has 0 bridgehead atoms. The minimum Gasteiger partial charge on any atom is -0.354 e. The van der Waals surface area contributed by atoms with Gasteiger partial charge in [-0.05, 0) is 42.8 Å². The van der Waals surface area contributed by atoms with Gasteiger partial charge in [-0.25, -0.2) is 8.42 Å². The molecule has 0 aliphatic carbocycles. The Morgan fingerprint density at radius 2 is 2.00 bits per heavy atom. The van der Waals surface area contributed by atoms with Crippen molar-refractivity contribution >= 4 is 39.1 Å². The number of benzene rings is 2. The molecule has 1 saturated heterocycles. The molecule has 9 heteroatoms. The van der Waals surface area contributed by atoms with Crippen LogP contribution in [0.15, 0.2) is 47.4 Å². The lowest BCUT2D eigenvalue weighted by Crippen LogP contribution is -2.49. The van der Waals surface area contributed by atoms with E-state index in [-0.39, 0.29) is 36.0 Å². The highest BCUT2D eigenvalue weighted by Gasteiger charge is 2.29. The summed E-state index contributed by atoms with van der Waals surface area (Å²) < 4.78 is 26.6.